The maximum Gasteiger partial charge on any atom is 0.255 e. The lowest BCUT2D eigenvalue weighted by Gasteiger charge is -2.32. The zero-order valence-electron chi connectivity index (χ0n) is 15.4. The maximum absolute atomic E-state index is 13.1. The molecule has 3 rings (SSSR count). The van der Waals surface area contributed by atoms with E-state index in [2.05, 4.69) is 48.5 Å². The SMILES string of the molecule is Cc1cc(C2CCCN(C(=O)c3cc(C)n(C(C)C)c3C)C2)n[nH]1. The number of carbonyl (C=O) groups excluding carboxylic acids is 1. The van der Waals surface area contributed by atoms with Crippen LogP contribution in [0.2, 0.25) is 0 Å². The third-order valence-electron chi connectivity index (χ3n) is 5.08. The van der Waals surface area contributed by atoms with Crippen LogP contribution in [-0.4, -0.2) is 38.7 Å². The zero-order valence-corrected chi connectivity index (χ0v) is 15.4. The van der Waals surface area contributed by atoms with Crippen LogP contribution in [0, 0.1) is 20.8 Å². The number of hydrogen-bond acceptors (Lipinski definition) is 2. The fourth-order valence-electron chi connectivity index (χ4n) is 4.01. The van der Waals surface area contributed by atoms with E-state index in [1.807, 2.05) is 17.9 Å². The van der Waals surface area contributed by atoms with E-state index in [1.165, 1.54) is 0 Å². The molecule has 0 spiro atoms. The molecule has 1 saturated heterocycles. The molecule has 1 atom stereocenters. The molecule has 1 aliphatic rings. The van der Waals surface area contributed by atoms with Crippen molar-refractivity contribution < 1.29 is 4.79 Å². The van der Waals surface area contributed by atoms with Crippen molar-refractivity contribution in [2.45, 2.75) is 59.4 Å². The Labute approximate surface area is 144 Å². The van der Waals surface area contributed by atoms with Gasteiger partial charge in [-0.1, -0.05) is 0 Å². The number of likely N-dealkylation sites (tertiary alicyclic amines) is 1. The average Bonchev–Trinajstić information content (AvgIpc) is 3.10. The van der Waals surface area contributed by atoms with E-state index in [1.54, 1.807) is 0 Å². The molecule has 2 aromatic rings. The molecule has 1 N–H and O–H groups in total. The molecule has 130 valence electrons. The lowest BCUT2D eigenvalue weighted by Crippen LogP contribution is -2.39. The summed E-state index contributed by atoms with van der Waals surface area (Å²) in [5, 5.41) is 7.42. The first kappa shape index (κ1) is 16.8. The molecule has 2 aromatic heterocycles. The Bertz CT molecular complexity index is 741. The van der Waals surface area contributed by atoms with Crippen molar-refractivity contribution in [2.75, 3.05) is 13.1 Å². The Morgan fingerprint density at radius 2 is 2.04 bits per heavy atom. The summed E-state index contributed by atoms with van der Waals surface area (Å²) in [5.41, 5.74) is 5.24. The number of piperidine rings is 1. The van der Waals surface area contributed by atoms with Gasteiger partial charge in [-0.25, -0.2) is 0 Å². The van der Waals surface area contributed by atoms with Crippen molar-refractivity contribution in [3.05, 3.63) is 40.5 Å². The van der Waals surface area contributed by atoms with Gasteiger partial charge >= 0.3 is 0 Å². The molecule has 0 radical (unpaired) electrons. The van der Waals surface area contributed by atoms with Gasteiger partial charge in [0.1, 0.15) is 0 Å². The van der Waals surface area contributed by atoms with Gasteiger partial charge in [-0.15, -0.1) is 0 Å². The van der Waals surface area contributed by atoms with Crippen molar-refractivity contribution >= 4 is 5.91 Å². The molecule has 1 fully saturated rings. The van der Waals surface area contributed by atoms with Gasteiger partial charge in [-0.2, -0.15) is 5.10 Å². The summed E-state index contributed by atoms with van der Waals surface area (Å²) in [6, 6.07) is 4.51. The predicted octanol–water partition coefficient (Wildman–Crippen LogP) is 3.74. The Balaban J connectivity index is 1.81. The first-order chi connectivity index (χ1) is 11.4. The van der Waals surface area contributed by atoms with Crippen LogP contribution in [0.25, 0.3) is 0 Å². The monoisotopic (exact) mass is 328 g/mol. The molecule has 5 heteroatoms. The van der Waals surface area contributed by atoms with E-state index in [0.717, 1.165) is 54.3 Å². The predicted molar refractivity (Wildman–Crippen MR) is 95.5 cm³/mol. The lowest BCUT2D eigenvalue weighted by atomic mass is 9.94. The molecule has 1 amide bonds. The zero-order chi connectivity index (χ0) is 17.4. The summed E-state index contributed by atoms with van der Waals surface area (Å²) in [6.07, 6.45) is 2.13. The molecule has 0 aromatic carbocycles. The number of carbonyl (C=O) groups is 1. The van der Waals surface area contributed by atoms with Crippen molar-refractivity contribution in [2.24, 2.45) is 0 Å². The molecule has 0 aliphatic carbocycles. The van der Waals surface area contributed by atoms with Crippen molar-refractivity contribution in [1.82, 2.24) is 19.7 Å². The van der Waals surface area contributed by atoms with Gasteiger partial charge in [0.25, 0.3) is 5.91 Å². The van der Waals surface area contributed by atoms with Crippen LogP contribution in [0.1, 0.15) is 71.8 Å². The Hall–Kier alpha value is -2.04. The number of H-pyrrole nitrogens is 1. The third-order valence-corrected chi connectivity index (χ3v) is 5.08. The van der Waals surface area contributed by atoms with Gasteiger partial charge in [0, 0.05) is 42.1 Å². The van der Waals surface area contributed by atoms with Crippen LogP contribution >= 0.6 is 0 Å². The van der Waals surface area contributed by atoms with E-state index in [-0.39, 0.29) is 5.91 Å². The van der Waals surface area contributed by atoms with Gasteiger partial charge < -0.3 is 9.47 Å². The molecule has 5 nitrogen and oxygen atoms in total. The van der Waals surface area contributed by atoms with Crippen LogP contribution in [0.15, 0.2) is 12.1 Å². The topological polar surface area (TPSA) is 53.9 Å². The summed E-state index contributed by atoms with van der Waals surface area (Å²) < 4.78 is 2.24. The number of nitrogens with one attached hydrogen (secondary N) is 1. The Morgan fingerprint density at radius 3 is 2.62 bits per heavy atom. The standard InChI is InChI=1S/C19H28N4O/c1-12(2)23-14(4)10-17(15(23)5)19(24)22-8-6-7-16(11-22)18-9-13(3)20-21-18/h9-10,12,16H,6-8,11H2,1-5H3,(H,20,21). The minimum Gasteiger partial charge on any atom is -0.346 e. The number of aryl methyl sites for hydroxylation is 2. The number of nitrogens with zero attached hydrogens (tertiary/aromatic N) is 3. The fraction of sp³-hybridized carbons (Fsp3) is 0.579. The van der Waals surface area contributed by atoms with Gasteiger partial charge in [-0.05, 0) is 59.6 Å². The highest BCUT2D eigenvalue weighted by molar-refractivity contribution is 5.95. The molecule has 0 saturated carbocycles. The summed E-state index contributed by atoms with van der Waals surface area (Å²) in [7, 11) is 0. The highest BCUT2D eigenvalue weighted by Crippen LogP contribution is 2.28. The molecular formula is C19H28N4O. The van der Waals surface area contributed by atoms with Gasteiger partial charge in [0.15, 0.2) is 0 Å². The van der Waals surface area contributed by atoms with E-state index < -0.39 is 0 Å². The Morgan fingerprint density at radius 1 is 1.29 bits per heavy atom. The van der Waals surface area contributed by atoms with Crippen LogP contribution in [0.4, 0.5) is 0 Å². The quantitative estimate of drug-likeness (QED) is 0.933. The molecule has 0 bridgehead atoms. The van der Waals surface area contributed by atoms with Crippen molar-refractivity contribution in [3.8, 4) is 0 Å². The normalized spacial score (nSPS) is 18.4. The van der Waals surface area contributed by atoms with Gasteiger partial charge in [-0.3, -0.25) is 9.89 Å². The first-order valence-electron chi connectivity index (χ1n) is 8.88. The summed E-state index contributed by atoms with van der Waals surface area (Å²) in [5.74, 6) is 0.494. The minimum absolute atomic E-state index is 0.159. The van der Waals surface area contributed by atoms with E-state index in [0.29, 0.717) is 12.0 Å². The van der Waals surface area contributed by atoms with E-state index in [9.17, 15) is 4.79 Å². The van der Waals surface area contributed by atoms with Gasteiger partial charge in [0.05, 0.1) is 11.3 Å². The molecular weight excluding hydrogens is 300 g/mol. The first-order valence-corrected chi connectivity index (χ1v) is 8.88. The second kappa shape index (κ2) is 6.46. The van der Waals surface area contributed by atoms with E-state index in [4.69, 9.17) is 0 Å². The Kier molecular flexibility index (Phi) is 4.52. The van der Waals surface area contributed by atoms with Crippen LogP contribution < -0.4 is 0 Å². The number of aromatic nitrogens is 3. The minimum atomic E-state index is 0.159. The smallest absolute Gasteiger partial charge is 0.255 e. The maximum atomic E-state index is 13.1. The number of amides is 1. The second-order valence-corrected chi connectivity index (χ2v) is 7.31. The number of rotatable bonds is 3. The molecule has 3 heterocycles. The highest BCUT2D eigenvalue weighted by atomic mass is 16.2. The largest absolute Gasteiger partial charge is 0.346 e. The van der Waals surface area contributed by atoms with Crippen LogP contribution in [0.5, 0.6) is 0 Å². The molecule has 1 aliphatic heterocycles. The summed E-state index contributed by atoms with van der Waals surface area (Å²) >= 11 is 0. The van der Waals surface area contributed by atoms with Crippen LogP contribution in [0.3, 0.4) is 0 Å². The third kappa shape index (κ3) is 2.99. The number of hydrogen-bond donors (Lipinski definition) is 1. The summed E-state index contributed by atoms with van der Waals surface area (Å²) in [6.45, 7) is 12.1. The van der Waals surface area contributed by atoms with Crippen LogP contribution in [-0.2, 0) is 0 Å². The lowest BCUT2D eigenvalue weighted by molar-refractivity contribution is 0.0705. The van der Waals surface area contributed by atoms with Gasteiger partial charge in [0.2, 0.25) is 0 Å². The molecule has 24 heavy (non-hydrogen) atoms. The van der Waals surface area contributed by atoms with Crippen molar-refractivity contribution in [1.29, 1.82) is 0 Å². The second-order valence-electron chi connectivity index (χ2n) is 7.31. The highest BCUT2D eigenvalue weighted by Gasteiger charge is 2.28. The molecule has 1 unspecified atom stereocenters. The van der Waals surface area contributed by atoms with E-state index >= 15 is 0 Å². The number of aromatic amines is 1. The summed E-state index contributed by atoms with van der Waals surface area (Å²) in [4.78, 5) is 15.1. The van der Waals surface area contributed by atoms with Crippen molar-refractivity contribution in [3.63, 3.8) is 0 Å². The average molecular weight is 328 g/mol. The fourth-order valence-corrected chi connectivity index (χ4v) is 4.01.